The van der Waals surface area contributed by atoms with Gasteiger partial charge in [0.1, 0.15) is 5.52 Å². The highest BCUT2D eigenvalue weighted by molar-refractivity contribution is 6.28. The van der Waals surface area contributed by atoms with Crippen LogP contribution in [-0.4, -0.2) is 32.7 Å². The van der Waals surface area contributed by atoms with E-state index >= 15 is 0 Å². The average molecular weight is 267 g/mol. The summed E-state index contributed by atoms with van der Waals surface area (Å²) in [4.78, 5) is 12.5. The van der Waals surface area contributed by atoms with E-state index < -0.39 is 0 Å². The van der Waals surface area contributed by atoms with Crippen LogP contribution in [0.1, 0.15) is 19.8 Å². The molecule has 0 aliphatic heterocycles. The molecule has 1 atom stereocenters. The molecule has 0 radical (unpaired) electrons. The fourth-order valence-corrected chi connectivity index (χ4v) is 1.97. The van der Waals surface area contributed by atoms with Crippen LogP contribution >= 0.6 is 11.6 Å². The van der Waals surface area contributed by atoms with E-state index in [2.05, 4.69) is 27.2 Å². The molecule has 0 aliphatic carbocycles. The molecule has 2 N–H and O–H groups in total. The van der Waals surface area contributed by atoms with Crippen molar-refractivity contribution in [1.29, 1.82) is 0 Å². The Labute approximate surface area is 110 Å². The SMILES string of the molecule is CCCC(CO)Nc1nc(Cl)nc2cccnc12. The highest BCUT2D eigenvalue weighted by Gasteiger charge is 2.12. The first-order valence-corrected chi connectivity index (χ1v) is 6.28. The fraction of sp³-hybridized carbons (Fsp3) is 0.417. The average Bonchev–Trinajstić information content (AvgIpc) is 2.38. The van der Waals surface area contributed by atoms with Crippen molar-refractivity contribution in [2.45, 2.75) is 25.8 Å². The Hall–Kier alpha value is -1.46. The Morgan fingerprint density at radius 2 is 2.28 bits per heavy atom. The number of rotatable bonds is 5. The molecule has 0 aliphatic rings. The summed E-state index contributed by atoms with van der Waals surface area (Å²) in [5.74, 6) is 0.568. The standard InChI is InChI=1S/C12H15ClN4O/c1-2-4-8(7-18)15-11-10-9(5-3-6-14-10)16-12(13)17-11/h3,5-6,8,18H,2,4,7H2,1H3,(H,15,16,17). The van der Waals surface area contributed by atoms with Gasteiger partial charge in [-0.2, -0.15) is 4.98 Å². The third kappa shape index (κ3) is 2.86. The van der Waals surface area contributed by atoms with Gasteiger partial charge in [-0.15, -0.1) is 0 Å². The van der Waals surface area contributed by atoms with Gasteiger partial charge in [0, 0.05) is 6.20 Å². The van der Waals surface area contributed by atoms with Gasteiger partial charge in [0.25, 0.3) is 0 Å². The number of hydrogen-bond acceptors (Lipinski definition) is 5. The maximum absolute atomic E-state index is 9.30. The number of halogens is 1. The molecule has 6 heteroatoms. The monoisotopic (exact) mass is 266 g/mol. The molecule has 0 aromatic carbocycles. The van der Waals surface area contributed by atoms with Gasteiger partial charge < -0.3 is 10.4 Å². The number of aromatic nitrogens is 3. The topological polar surface area (TPSA) is 70.9 Å². The minimum absolute atomic E-state index is 0.0454. The van der Waals surface area contributed by atoms with Crippen LogP contribution in [0.5, 0.6) is 0 Å². The second-order valence-electron chi connectivity index (χ2n) is 4.02. The lowest BCUT2D eigenvalue weighted by atomic mass is 10.2. The molecule has 0 spiro atoms. The quantitative estimate of drug-likeness (QED) is 0.812. The maximum atomic E-state index is 9.30. The van der Waals surface area contributed by atoms with Crippen LogP contribution in [0.25, 0.3) is 11.0 Å². The van der Waals surface area contributed by atoms with Crippen molar-refractivity contribution in [1.82, 2.24) is 15.0 Å². The van der Waals surface area contributed by atoms with Gasteiger partial charge in [-0.05, 0) is 30.2 Å². The van der Waals surface area contributed by atoms with E-state index in [1.165, 1.54) is 0 Å². The van der Waals surface area contributed by atoms with Gasteiger partial charge in [0.05, 0.1) is 18.2 Å². The molecule has 2 rings (SSSR count). The van der Waals surface area contributed by atoms with Crippen LogP contribution in [0, 0.1) is 0 Å². The maximum Gasteiger partial charge on any atom is 0.225 e. The Morgan fingerprint density at radius 1 is 1.44 bits per heavy atom. The lowest BCUT2D eigenvalue weighted by Crippen LogP contribution is -2.24. The van der Waals surface area contributed by atoms with Crippen molar-refractivity contribution in [2.24, 2.45) is 0 Å². The third-order valence-electron chi connectivity index (χ3n) is 2.63. The lowest BCUT2D eigenvalue weighted by molar-refractivity contribution is 0.268. The van der Waals surface area contributed by atoms with E-state index in [9.17, 15) is 5.11 Å². The van der Waals surface area contributed by atoms with E-state index in [0.29, 0.717) is 16.9 Å². The van der Waals surface area contributed by atoms with Crippen molar-refractivity contribution in [3.05, 3.63) is 23.6 Å². The summed E-state index contributed by atoms with van der Waals surface area (Å²) < 4.78 is 0. The van der Waals surface area contributed by atoms with Crippen LogP contribution in [0.2, 0.25) is 5.28 Å². The first kappa shape index (κ1) is 13.0. The minimum atomic E-state index is -0.0498. The fourth-order valence-electron chi connectivity index (χ4n) is 1.79. The normalized spacial score (nSPS) is 12.6. The summed E-state index contributed by atoms with van der Waals surface area (Å²) >= 11 is 5.88. The predicted molar refractivity (Wildman–Crippen MR) is 71.7 cm³/mol. The Morgan fingerprint density at radius 3 is 3.00 bits per heavy atom. The molecule has 5 nitrogen and oxygen atoms in total. The second-order valence-corrected chi connectivity index (χ2v) is 4.36. The first-order chi connectivity index (χ1) is 8.74. The van der Waals surface area contributed by atoms with Gasteiger partial charge in [-0.3, -0.25) is 4.98 Å². The van der Waals surface area contributed by atoms with E-state index in [-0.39, 0.29) is 17.9 Å². The van der Waals surface area contributed by atoms with Crippen molar-refractivity contribution < 1.29 is 5.11 Å². The number of nitrogens with one attached hydrogen (secondary N) is 1. The molecule has 96 valence electrons. The highest BCUT2D eigenvalue weighted by Crippen LogP contribution is 2.20. The molecule has 0 saturated heterocycles. The van der Waals surface area contributed by atoms with Crippen molar-refractivity contribution in [2.75, 3.05) is 11.9 Å². The molecule has 2 aromatic heterocycles. The summed E-state index contributed by atoms with van der Waals surface area (Å²) in [7, 11) is 0. The summed E-state index contributed by atoms with van der Waals surface area (Å²) in [5.41, 5.74) is 1.35. The molecule has 0 amide bonds. The molecule has 1 unspecified atom stereocenters. The van der Waals surface area contributed by atoms with Crippen molar-refractivity contribution >= 4 is 28.5 Å². The van der Waals surface area contributed by atoms with Crippen LogP contribution in [-0.2, 0) is 0 Å². The summed E-state index contributed by atoms with van der Waals surface area (Å²) in [6, 6.07) is 3.58. The molecule has 0 bridgehead atoms. The summed E-state index contributed by atoms with van der Waals surface area (Å²) in [6.45, 7) is 2.11. The van der Waals surface area contributed by atoms with Gasteiger partial charge in [-0.1, -0.05) is 13.3 Å². The van der Waals surface area contributed by atoms with E-state index in [1.54, 1.807) is 12.3 Å². The molecule has 2 heterocycles. The molecule has 0 fully saturated rings. The Bertz CT molecular complexity index is 534. The highest BCUT2D eigenvalue weighted by atomic mass is 35.5. The largest absolute Gasteiger partial charge is 0.394 e. The number of hydrogen-bond donors (Lipinski definition) is 2. The molecule has 2 aromatic rings. The van der Waals surface area contributed by atoms with Crippen molar-refractivity contribution in [3.63, 3.8) is 0 Å². The van der Waals surface area contributed by atoms with Crippen LogP contribution in [0.4, 0.5) is 5.82 Å². The zero-order chi connectivity index (χ0) is 13.0. The molecular formula is C12H15ClN4O. The number of aliphatic hydroxyl groups is 1. The van der Waals surface area contributed by atoms with E-state index in [0.717, 1.165) is 12.8 Å². The number of aliphatic hydroxyl groups excluding tert-OH is 1. The molecule has 18 heavy (non-hydrogen) atoms. The zero-order valence-electron chi connectivity index (χ0n) is 10.1. The predicted octanol–water partition coefficient (Wildman–Crippen LogP) is 2.25. The number of pyridine rings is 1. The molecular weight excluding hydrogens is 252 g/mol. The minimum Gasteiger partial charge on any atom is -0.394 e. The molecule has 0 saturated carbocycles. The Balaban J connectivity index is 2.37. The van der Waals surface area contributed by atoms with Crippen LogP contribution in [0.3, 0.4) is 0 Å². The Kier molecular flexibility index (Phi) is 4.28. The van der Waals surface area contributed by atoms with Crippen LogP contribution in [0.15, 0.2) is 18.3 Å². The van der Waals surface area contributed by atoms with Crippen molar-refractivity contribution in [3.8, 4) is 0 Å². The number of nitrogens with zero attached hydrogens (tertiary/aromatic N) is 3. The first-order valence-electron chi connectivity index (χ1n) is 5.90. The van der Waals surface area contributed by atoms with Crippen LogP contribution < -0.4 is 5.32 Å². The summed E-state index contributed by atoms with van der Waals surface area (Å²) in [5, 5.41) is 12.6. The van der Waals surface area contributed by atoms with E-state index in [4.69, 9.17) is 11.6 Å². The van der Waals surface area contributed by atoms with Gasteiger partial charge >= 0.3 is 0 Å². The van der Waals surface area contributed by atoms with Gasteiger partial charge in [-0.25, -0.2) is 4.98 Å². The lowest BCUT2D eigenvalue weighted by Gasteiger charge is -2.16. The van der Waals surface area contributed by atoms with E-state index in [1.807, 2.05) is 6.07 Å². The number of anilines is 1. The smallest absolute Gasteiger partial charge is 0.225 e. The summed E-state index contributed by atoms with van der Waals surface area (Å²) in [6.07, 6.45) is 3.51. The van der Waals surface area contributed by atoms with Gasteiger partial charge in [0.2, 0.25) is 5.28 Å². The van der Waals surface area contributed by atoms with Gasteiger partial charge in [0.15, 0.2) is 5.82 Å². The zero-order valence-corrected chi connectivity index (χ0v) is 10.9. The third-order valence-corrected chi connectivity index (χ3v) is 2.79. The number of fused-ring (bicyclic) bond motifs is 1. The second kappa shape index (κ2) is 5.93.